The van der Waals surface area contributed by atoms with Gasteiger partial charge in [-0.15, -0.1) is 0 Å². The Morgan fingerprint density at radius 1 is 0.952 bits per heavy atom. The van der Waals surface area contributed by atoms with Crippen LogP contribution in [0, 0.1) is 6.92 Å². The number of aromatic nitrogens is 1. The van der Waals surface area contributed by atoms with E-state index >= 15 is 0 Å². The Kier molecular flexibility index (Phi) is 4.90. The molecule has 0 aliphatic heterocycles. The zero-order valence-electron chi connectivity index (χ0n) is 12.3. The second kappa shape index (κ2) is 6.67. The molecule has 1 aromatic carbocycles. The van der Waals surface area contributed by atoms with Crippen LogP contribution in [0.4, 0.5) is 0 Å². The summed E-state index contributed by atoms with van der Waals surface area (Å²) in [6.07, 6.45) is 0. The second-order valence-corrected chi connectivity index (χ2v) is 5.03. The van der Waals surface area contributed by atoms with Crippen molar-refractivity contribution in [3.8, 4) is 28.9 Å². The van der Waals surface area contributed by atoms with E-state index in [0.29, 0.717) is 28.9 Å². The summed E-state index contributed by atoms with van der Waals surface area (Å²) in [5.74, 6) is 2.62. The molecule has 5 nitrogen and oxygen atoms in total. The molecular weight excluding hydrogens is 338 g/mol. The molecule has 0 radical (unpaired) electrons. The molecule has 0 atom stereocenters. The van der Waals surface area contributed by atoms with Gasteiger partial charge in [-0.3, -0.25) is 0 Å². The summed E-state index contributed by atoms with van der Waals surface area (Å²) in [5, 5.41) is 0. The minimum Gasteiger partial charge on any atom is -0.493 e. The Hall–Kier alpha value is -1.95. The fourth-order valence-corrected chi connectivity index (χ4v) is 2.04. The third-order valence-electron chi connectivity index (χ3n) is 2.86. The Labute approximate surface area is 131 Å². The molecule has 0 aliphatic carbocycles. The third-order valence-corrected chi connectivity index (χ3v) is 3.69. The SMILES string of the molecule is COc1cc(Oc2ccc(Br)c(C)n2)cc(OC)c1OC. The third kappa shape index (κ3) is 3.39. The van der Waals surface area contributed by atoms with Gasteiger partial charge in [-0.05, 0) is 28.9 Å². The van der Waals surface area contributed by atoms with Crippen LogP contribution >= 0.6 is 15.9 Å². The highest BCUT2D eigenvalue weighted by Gasteiger charge is 2.14. The highest BCUT2D eigenvalue weighted by Crippen LogP contribution is 2.41. The van der Waals surface area contributed by atoms with Crippen molar-refractivity contribution < 1.29 is 18.9 Å². The lowest BCUT2D eigenvalue weighted by atomic mass is 10.2. The quantitative estimate of drug-likeness (QED) is 0.813. The van der Waals surface area contributed by atoms with E-state index in [-0.39, 0.29) is 0 Å². The molecule has 6 heteroatoms. The first-order valence-electron chi connectivity index (χ1n) is 6.20. The van der Waals surface area contributed by atoms with E-state index in [4.69, 9.17) is 18.9 Å². The van der Waals surface area contributed by atoms with Crippen LogP contribution in [0.3, 0.4) is 0 Å². The molecule has 0 unspecified atom stereocenters. The smallest absolute Gasteiger partial charge is 0.219 e. The number of benzene rings is 1. The van der Waals surface area contributed by atoms with Crippen molar-refractivity contribution >= 4 is 15.9 Å². The van der Waals surface area contributed by atoms with Crippen LogP contribution in [-0.4, -0.2) is 26.3 Å². The van der Waals surface area contributed by atoms with E-state index in [9.17, 15) is 0 Å². The summed E-state index contributed by atoms with van der Waals surface area (Å²) < 4.78 is 22.5. The topological polar surface area (TPSA) is 49.8 Å². The van der Waals surface area contributed by atoms with E-state index < -0.39 is 0 Å². The predicted molar refractivity (Wildman–Crippen MR) is 82.8 cm³/mol. The molecule has 0 saturated heterocycles. The number of hydrogen-bond donors (Lipinski definition) is 0. The van der Waals surface area contributed by atoms with Gasteiger partial charge >= 0.3 is 0 Å². The molecule has 0 amide bonds. The van der Waals surface area contributed by atoms with Crippen molar-refractivity contribution in [1.29, 1.82) is 0 Å². The molecule has 0 saturated carbocycles. The fourth-order valence-electron chi connectivity index (χ4n) is 1.81. The lowest BCUT2D eigenvalue weighted by molar-refractivity contribution is 0.320. The number of ether oxygens (including phenoxy) is 4. The van der Waals surface area contributed by atoms with Crippen molar-refractivity contribution in [3.63, 3.8) is 0 Å². The number of hydrogen-bond acceptors (Lipinski definition) is 5. The molecule has 2 rings (SSSR count). The van der Waals surface area contributed by atoms with E-state index in [1.165, 1.54) is 0 Å². The lowest BCUT2D eigenvalue weighted by Crippen LogP contribution is -1.97. The van der Waals surface area contributed by atoms with Crippen molar-refractivity contribution in [2.45, 2.75) is 6.92 Å². The molecule has 0 bridgehead atoms. The van der Waals surface area contributed by atoms with E-state index in [1.54, 1.807) is 39.5 Å². The number of aryl methyl sites for hydroxylation is 1. The molecule has 1 heterocycles. The van der Waals surface area contributed by atoms with Gasteiger partial charge in [-0.2, -0.15) is 0 Å². The second-order valence-electron chi connectivity index (χ2n) is 4.18. The normalized spacial score (nSPS) is 10.1. The zero-order chi connectivity index (χ0) is 15.4. The highest BCUT2D eigenvalue weighted by molar-refractivity contribution is 9.10. The summed E-state index contributed by atoms with van der Waals surface area (Å²) in [6.45, 7) is 1.89. The van der Waals surface area contributed by atoms with E-state index in [1.807, 2.05) is 13.0 Å². The van der Waals surface area contributed by atoms with Crippen molar-refractivity contribution in [2.24, 2.45) is 0 Å². The van der Waals surface area contributed by atoms with Gasteiger partial charge in [0, 0.05) is 22.7 Å². The standard InChI is InChI=1S/C15H16BrNO4/c1-9-11(16)5-6-14(17-9)21-10-7-12(18-2)15(20-4)13(8-10)19-3/h5-8H,1-4H3. The Morgan fingerprint density at radius 2 is 1.57 bits per heavy atom. The van der Waals surface area contributed by atoms with Crippen LogP contribution in [0.5, 0.6) is 28.9 Å². The number of methoxy groups -OCH3 is 3. The van der Waals surface area contributed by atoms with Crippen LogP contribution in [0.25, 0.3) is 0 Å². The maximum absolute atomic E-state index is 5.75. The maximum Gasteiger partial charge on any atom is 0.219 e. The van der Waals surface area contributed by atoms with Gasteiger partial charge < -0.3 is 18.9 Å². The van der Waals surface area contributed by atoms with Crippen molar-refractivity contribution in [2.75, 3.05) is 21.3 Å². The minimum absolute atomic E-state index is 0.491. The fraction of sp³-hybridized carbons (Fsp3) is 0.267. The molecular formula is C15H16BrNO4. The van der Waals surface area contributed by atoms with E-state index in [2.05, 4.69) is 20.9 Å². The summed E-state index contributed by atoms with van der Waals surface area (Å²) >= 11 is 3.40. The summed E-state index contributed by atoms with van der Waals surface area (Å²) in [5.41, 5.74) is 0.847. The van der Waals surface area contributed by atoms with E-state index in [0.717, 1.165) is 10.2 Å². The van der Waals surface area contributed by atoms with Gasteiger partial charge in [0.25, 0.3) is 0 Å². The lowest BCUT2D eigenvalue weighted by Gasteiger charge is -2.14. The monoisotopic (exact) mass is 353 g/mol. The maximum atomic E-state index is 5.75. The molecule has 0 spiro atoms. The molecule has 0 N–H and O–H groups in total. The van der Waals surface area contributed by atoms with Gasteiger partial charge in [-0.1, -0.05) is 0 Å². The number of halogens is 1. The molecule has 0 fully saturated rings. The van der Waals surface area contributed by atoms with Gasteiger partial charge in [-0.25, -0.2) is 4.98 Å². The number of pyridine rings is 1. The Balaban J connectivity index is 2.37. The number of nitrogens with zero attached hydrogens (tertiary/aromatic N) is 1. The minimum atomic E-state index is 0.491. The average molecular weight is 354 g/mol. The molecule has 21 heavy (non-hydrogen) atoms. The van der Waals surface area contributed by atoms with Crippen LogP contribution in [0.1, 0.15) is 5.69 Å². The highest BCUT2D eigenvalue weighted by atomic mass is 79.9. The summed E-state index contributed by atoms with van der Waals surface area (Å²) in [7, 11) is 4.67. The molecule has 1 aromatic heterocycles. The van der Waals surface area contributed by atoms with Gasteiger partial charge in [0.1, 0.15) is 5.75 Å². The Bertz CT molecular complexity index is 621. The summed E-state index contributed by atoms with van der Waals surface area (Å²) in [6, 6.07) is 7.11. The average Bonchev–Trinajstić information content (AvgIpc) is 2.49. The van der Waals surface area contributed by atoms with Crippen molar-refractivity contribution in [3.05, 3.63) is 34.4 Å². The number of rotatable bonds is 5. The first-order chi connectivity index (χ1) is 10.1. The first kappa shape index (κ1) is 15.4. The van der Waals surface area contributed by atoms with Crippen LogP contribution < -0.4 is 18.9 Å². The van der Waals surface area contributed by atoms with Crippen molar-refractivity contribution in [1.82, 2.24) is 4.98 Å². The van der Waals surface area contributed by atoms with Gasteiger partial charge in [0.05, 0.1) is 27.0 Å². The van der Waals surface area contributed by atoms with Crippen LogP contribution in [0.2, 0.25) is 0 Å². The van der Waals surface area contributed by atoms with Gasteiger partial charge in [0.2, 0.25) is 11.6 Å². The zero-order valence-corrected chi connectivity index (χ0v) is 13.9. The molecule has 2 aromatic rings. The summed E-state index contributed by atoms with van der Waals surface area (Å²) in [4.78, 5) is 4.34. The van der Waals surface area contributed by atoms with Crippen LogP contribution in [0.15, 0.2) is 28.7 Å². The largest absolute Gasteiger partial charge is 0.493 e. The molecule has 0 aliphatic rings. The van der Waals surface area contributed by atoms with Gasteiger partial charge in [0.15, 0.2) is 11.5 Å². The first-order valence-corrected chi connectivity index (χ1v) is 6.99. The molecule has 112 valence electrons. The Morgan fingerprint density at radius 3 is 2.05 bits per heavy atom. The van der Waals surface area contributed by atoms with Crippen LogP contribution in [-0.2, 0) is 0 Å². The predicted octanol–water partition coefficient (Wildman–Crippen LogP) is 3.97.